The van der Waals surface area contributed by atoms with Gasteiger partial charge in [0, 0.05) is 17.1 Å². The van der Waals surface area contributed by atoms with E-state index in [0.29, 0.717) is 11.2 Å². The number of rotatable bonds is 4. The Hall–Kier alpha value is -0.0900. The third-order valence-corrected chi connectivity index (χ3v) is 5.18. The minimum atomic E-state index is -0.318. The van der Waals surface area contributed by atoms with Crippen LogP contribution >= 0.6 is 23.5 Å². The third kappa shape index (κ3) is 4.42. The Balaban J connectivity index is 0.00000169. The predicted molar refractivity (Wildman–Crippen MR) is 65.8 cm³/mol. The number of hydrogen-bond acceptors (Lipinski definition) is 4. The van der Waals surface area contributed by atoms with Crippen LogP contribution in [-0.4, -0.2) is 28.2 Å². The summed E-state index contributed by atoms with van der Waals surface area (Å²) in [6.45, 7) is 6.05. The molecule has 14 heavy (non-hydrogen) atoms. The standard InChI is InChI=1S/C9H14O2S2.CH4/c1-3-7-6-12-9(13-7)5-11-8(10)4-2;/h4,7,9H,2-3,5-6H2,1H3;1H4. The second-order valence-corrected chi connectivity index (χ2v) is 5.81. The molecular weight excluding hydrogens is 216 g/mol. The number of ether oxygens (including phenoxy) is 1. The Bertz CT molecular complexity index is 195. The molecule has 2 atom stereocenters. The summed E-state index contributed by atoms with van der Waals surface area (Å²) in [4.78, 5) is 10.8. The van der Waals surface area contributed by atoms with E-state index in [2.05, 4.69) is 13.5 Å². The fourth-order valence-corrected chi connectivity index (χ4v) is 4.19. The number of hydrogen-bond donors (Lipinski definition) is 0. The zero-order valence-corrected chi connectivity index (χ0v) is 9.33. The van der Waals surface area contributed by atoms with E-state index in [1.54, 1.807) is 0 Å². The number of esters is 1. The van der Waals surface area contributed by atoms with E-state index in [0.717, 1.165) is 5.25 Å². The van der Waals surface area contributed by atoms with Crippen LogP contribution in [0.4, 0.5) is 0 Å². The molecule has 1 saturated heterocycles. The van der Waals surface area contributed by atoms with Crippen LogP contribution in [0, 0.1) is 0 Å². The van der Waals surface area contributed by atoms with Crippen LogP contribution in [0.1, 0.15) is 20.8 Å². The molecule has 4 heteroatoms. The van der Waals surface area contributed by atoms with Gasteiger partial charge in [-0.15, -0.1) is 23.5 Å². The minimum Gasteiger partial charge on any atom is -0.460 e. The highest BCUT2D eigenvalue weighted by Gasteiger charge is 2.25. The van der Waals surface area contributed by atoms with Crippen LogP contribution in [0.2, 0.25) is 0 Å². The van der Waals surface area contributed by atoms with Gasteiger partial charge in [0.05, 0.1) is 4.58 Å². The molecule has 0 amide bonds. The highest BCUT2D eigenvalue weighted by atomic mass is 32.2. The fourth-order valence-electron chi connectivity index (χ4n) is 1.02. The molecule has 1 fully saturated rings. The summed E-state index contributed by atoms with van der Waals surface area (Å²) in [7, 11) is 0. The predicted octanol–water partition coefficient (Wildman–Crippen LogP) is 2.94. The molecular formula is C10H18O2S2. The van der Waals surface area contributed by atoms with E-state index in [4.69, 9.17) is 4.74 Å². The van der Waals surface area contributed by atoms with Crippen LogP contribution < -0.4 is 0 Å². The quantitative estimate of drug-likeness (QED) is 0.552. The summed E-state index contributed by atoms with van der Waals surface area (Å²) >= 11 is 3.79. The number of carbonyl (C=O) groups excluding carboxylic acids is 1. The maximum absolute atomic E-state index is 10.8. The zero-order chi connectivity index (χ0) is 9.68. The van der Waals surface area contributed by atoms with Crippen molar-refractivity contribution >= 4 is 29.5 Å². The molecule has 0 aromatic heterocycles. The minimum absolute atomic E-state index is 0. The van der Waals surface area contributed by atoms with Gasteiger partial charge in [0.15, 0.2) is 0 Å². The van der Waals surface area contributed by atoms with Gasteiger partial charge in [0.25, 0.3) is 0 Å². The lowest BCUT2D eigenvalue weighted by Crippen LogP contribution is -2.09. The Labute approximate surface area is 94.9 Å². The molecule has 2 nitrogen and oxygen atoms in total. The molecule has 0 N–H and O–H groups in total. The van der Waals surface area contributed by atoms with Crippen molar-refractivity contribution in [2.24, 2.45) is 0 Å². The molecule has 1 heterocycles. The molecule has 1 rings (SSSR count). The van der Waals surface area contributed by atoms with Crippen molar-refractivity contribution in [1.82, 2.24) is 0 Å². The molecule has 0 aromatic rings. The summed E-state index contributed by atoms with van der Waals surface area (Å²) < 4.78 is 5.39. The topological polar surface area (TPSA) is 26.3 Å². The monoisotopic (exact) mass is 234 g/mol. The van der Waals surface area contributed by atoms with E-state index in [-0.39, 0.29) is 13.4 Å². The molecule has 0 radical (unpaired) electrons. The second-order valence-electron chi connectivity index (χ2n) is 2.76. The Morgan fingerprint density at radius 1 is 1.71 bits per heavy atom. The third-order valence-electron chi connectivity index (χ3n) is 1.80. The first kappa shape index (κ1) is 13.9. The van der Waals surface area contributed by atoms with Crippen molar-refractivity contribution in [2.45, 2.75) is 30.6 Å². The molecule has 1 aliphatic rings. The first-order chi connectivity index (χ1) is 6.26. The lowest BCUT2D eigenvalue weighted by molar-refractivity contribution is -0.137. The molecule has 2 unspecified atom stereocenters. The van der Waals surface area contributed by atoms with Crippen molar-refractivity contribution in [3.05, 3.63) is 12.7 Å². The Morgan fingerprint density at radius 3 is 2.93 bits per heavy atom. The normalized spacial score (nSPS) is 25.2. The van der Waals surface area contributed by atoms with Gasteiger partial charge in [0.2, 0.25) is 0 Å². The summed E-state index contributed by atoms with van der Waals surface area (Å²) in [6, 6.07) is 0. The van der Waals surface area contributed by atoms with E-state index in [9.17, 15) is 4.79 Å². The first-order valence-corrected chi connectivity index (χ1v) is 6.31. The van der Waals surface area contributed by atoms with Crippen LogP contribution in [0.25, 0.3) is 0 Å². The molecule has 0 spiro atoms. The van der Waals surface area contributed by atoms with Crippen LogP contribution in [0.15, 0.2) is 12.7 Å². The average molecular weight is 234 g/mol. The van der Waals surface area contributed by atoms with Gasteiger partial charge in [-0.05, 0) is 6.42 Å². The van der Waals surface area contributed by atoms with Crippen molar-refractivity contribution in [2.75, 3.05) is 12.4 Å². The van der Waals surface area contributed by atoms with E-state index in [1.807, 2.05) is 23.5 Å². The molecule has 0 saturated carbocycles. The van der Waals surface area contributed by atoms with Gasteiger partial charge >= 0.3 is 5.97 Å². The number of thioether (sulfide) groups is 2. The second kappa shape index (κ2) is 7.23. The van der Waals surface area contributed by atoms with Gasteiger partial charge in [-0.25, -0.2) is 4.79 Å². The van der Waals surface area contributed by atoms with Crippen LogP contribution in [-0.2, 0) is 9.53 Å². The zero-order valence-electron chi connectivity index (χ0n) is 7.69. The van der Waals surface area contributed by atoms with Crippen molar-refractivity contribution in [1.29, 1.82) is 0 Å². The van der Waals surface area contributed by atoms with Crippen molar-refractivity contribution < 1.29 is 9.53 Å². The van der Waals surface area contributed by atoms with E-state index in [1.165, 1.54) is 18.2 Å². The van der Waals surface area contributed by atoms with Crippen molar-refractivity contribution in [3.63, 3.8) is 0 Å². The lowest BCUT2D eigenvalue weighted by Gasteiger charge is -2.08. The number of carbonyl (C=O) groups is 1. The van der Waals surface area contributed by atoms with Gasteiger partial charge in [-0.3, -0.25) is 0 Å². The Morgan fingerprint density at radius 2 is 2.43 bits per heavy atom. The van der Waals surface area contributed by atoms with E-state index < -0.39 is 0 Å². The van der Waals surface area contributed by atoms with Gasteiger partial charge in [-0.2, -0.15) is 0 Å². The summed E-state index contributed by atoms with van der Waals surface area (Å²) in [5.74, 6) is 0.860. The lowest BCUT2D eigenvalue weighted by atomic mass is 10.4. The van der Waals surface area contributed by atoms with E-state index >= 15 is 0 Å². The van der Waals surface area contributed by atoms with Gasteiger partial charge < -0.3 is 4.74 Å². The molecule has 1 aliphatic heterocycles. The molecule has 0 aromatic carbocycles. The van der Waals surface area contributed by atoms with Gasteiger partial charge in [0.1, 0.15) is 6.61 Å². The summed E-state index contributed by atoms with van der Waals surface area (Å²) in [5, 5.41) is 0.734. The maximum atomic E-state index is 10.8. The summed E-state index contributed by atoms with van der Waals surface area (Å²) in [5.41, 5.74) is 0. The van der Waals surface area contributed by atoms with Crippen molar-refractivity contribution in [3.8, 4) is 0 Å². The molecule has 82 valence electrons. The highest BCUT2D eigenvalue weighted by Crippen LogP contribution is 2.39. The van der Waals surface area contributed by atoms with Crippen LogP contribution in [0.5, 0.6) is 0 Å². The molecule has 0 bridgehead atoms. The fraction of sp³-hybridized carbons (Fsp3) is 0.700. The van der Waals surface area contributed by atoms with Crippen LogP contribution in [0.3, 0.4) is 0 Å². The highest BCUT2D eigenvalue weighted by molar-refractivity contribution is 8.20. The van der Waals surface area contributed by atoms with Gasteiger partial charge in [-0.1, -0.05) is 20.9 Å². The average Bonchev–Trinajstić information content (AvgIpc) is 2.61. The smallest absolute Gasteiger partial charge is 0.330 e. The summed E-state index contributed by atoms with van der Waals surface area (Å²) in [6.07, 6.45) is 2.41. The first-order valence-electron chi connectivity index (χ1n) is 4.32. The Kier molecular flexibility index (Phi) is 7.19. The SMILES string of the molecule is C.C=CC(=O)OCC1SCC(CC)S1. The largest absolute Gasteiger partial charge is 0.460 e. The molecule has 0 aliphatic carbocycles. The maximum Gasteiger partial charge on any atom is 0.330 e.